The van der Waals surface area contributed by atoms with Crippen LogP contribution in [0.2, 0.25) is 0 Å². The summed E-state index contributed by atoms with van der Waals surface area (Å²) in [5.41, 5.74) is -0.979. The van der Waals surface area contributed by atoms with Crippen LogP contribution < -0.4 is 16.0 Å². The number of carbonyl (C=O) groups is 1. The van der Waals surface area contributed by atoms with E-state index in [2.05, 4.69) is 0 Å². The highest BCUT2D eigenvalue weighted by Gasteiger charge is 2.26. The van der Waals surface area contributed by atoms with E-state index in [0.29, 0.717) is 13.0 Å². The average molecular weight is 610 g/mol. The van der Waals surface area contributed by atoms with Gasteiger partial charge in [-0.2, -0.15) is 0 Å². The number of methoxy groups -OCH3 is 1. The Morgan fingerprint density at radius 3 is 2.36 bits per heavy atom. The smallest absolute Gasteiger partial charge is 0.331 e. The van der Waals surface area contributed by atoms with Gasteiger partial charge in [0.2, 0.25) is 0 Å². The van der Waals surface area contributed by atoms with Gasteiger partial charge in [0.25, 0.3) is 5.56 Å². The van der Waals surface area contributed by atoms with Crippen molar-refractivity contribution in [3.63, 3.8) is 0 Å². The van der Waals surface area contributed by atoms with E-state index in [1.807, 2.05) is 23.1 Å². The molecule has 0 aliphatic carbocycles. The predicted octanol–water partition coefficient (Wildman–Crippen LogP) is 5.33. The molecule has 0 saturated carbocycles. The van der Waals surface area contributed by atoms with Crippen molar-refractivity contribution in [1.82, 2.24) is 14.0 Å². The molecule has 0 spiro atoms. The Morgan fingerprint density at radius 2 is 1.70 bits per heavy atom. The van der Waals surface area contributed by atoms with Crippen LogP contribution in [-0.2, 0) is 24.6 Å². The molecule has 8 nitrogen and oxygen atoms in total. The zero-order valence-electron chi connectivity index (χ0n) is 24.7. The minimum absolute atomic E-state index is 0.0449. The van der Waals surface area contributed by atoms with E-state index in [1.165, 1.54) is 44.4 Å². The molecule has 0 aliphatic rings. The van der Waals surface area contributed by atoms with Gasteiger partial charge in [-0.15, -0.1) is 0 Å². The highest BCUT2D eigenvalue weighted by Crippen LogP contribution is 2.30. The van der Waals surface area contributed by atoms with Gasteiger partial charge in [0.15, 0.2) is 11.6 Å². The van der Waals surface area contributed by atoms with E-state index in [4.69, 9.17) is 9.84 Å². The molecule has 44 heavy (non-hydrogen) atoms. The molecule has 232 valence electrons. The predicted molar refractivity (Wildman–Crippen MR) is 161 cm³/mol. The zero-order valence-corrected chi connectivity index (χ0v) is 24.7. The lowest BCUT2D eigenvalue weighted by Crippen LogP contribution is -2.45. The van der Waals surface area contributed by atoms with E-state index in [0.717, 1.165) is 20.8 Å². The highest BCUT2D eigenvalue weighted by molar-refractivity contribution is 5.68. The number of nitrogens with zero attached hydrogens (tertiary/aromatic N) is 3. The maximum atomic E-state index is 15.6. The minimum Gasteiger partial charge on any atom is -0.494 e. The molecule has 1 N–H and O–H groups in total. The third-order valence-electron chi connectivity index (χ3n) is 7.79. The SMILES string of the molecule is COc1cccc(-c2c(C)n(Cc3c(F)cccc3CF)c(=O)n(C[C@@H](c3ccccc3)N(C)CCCC(=O)O)c2=O)c1F. The Bertz CT molecular complexity index is 1750. The topological polar surface area (TPSA) is 93.8 Å². The lowest BCUT2D eigenvalue weighted by atomic mass is 10.0. The molecule has 0 bridgehead atoms. The van der Waals surface area contributed by atoms with Crippen LogP contribution in [0.4, 0.5) is 13.2 Å². The Kier molecular flexibility index (Phi) is 10.4. The molecular formula is C33H34F3N3O5. The van der Waals surface area contributed by atoms with Crippen LogP contribution in [0.5, 0.6) is 5.75 Å². The van der Waals surface area contributed by atoms with Crippen molar-refractivity contribution < 1.29 is 27.8 Å². The normalized spacial score (nSPS) is 12.0. The van der Waals surface area contributed by atoms with Crippen LogP contribution in [0.25, 0.3) is 11.1 Å². The van der Waals surface area contributed by atoms with Crippen LogP contribution >= 0.6 is 0 Å². The lowest BCUT2D eigenvalue weighted by molar-refractivity contribution is -0.137. The molecule has 1 heterocycles. The van der Waals surface area contributed by atoms with Crippen LogP contribution in [0.15, 0.2) is 76.3 Å². The number of carboxylic acid groups (broad SMARTS) is 1. The molecule has 4 aromatic rings. The molecule has 0 fully saturated rings. The zero-order chi connectivity index (χ0) is 32.0. The van der Waals surface area contributed by atoms with Crippen molar-refractivity contribution in [3.8, 4) is 16.9 Å². The summed E-state index contributed by atoms with van der Waals surface area (Å²) < 4.78 is 51.8. The third kappa shape index (κ3) is 6.78. The van der Waals surface area contributed by atoms with Gasteiger partial charge in [0.1, 0.15) is 12.5 Å². The summed E-state index contributed by atoms with van der Waals surface area (Å²) in [6.45, 7) is 0.240. The molecule has 1 atom stereocenters. The van der Waals surface area contributed by atoms with Gasteiger partial charge in [-0.05, 0) is 50.2 Å². The number of benzene rings is 3. The molecule has 0 amide bonds. The Labute approximate surface area is 252 Å². The van der Waals surface area contributed by atoms with Gasteiger partial charge in [-0.3, -0.25) is 23.6 Å². The number of hydrogen-bond acceptors (Lipinski definition) is 5. The quantitative estimate of drug-likeness (QED) is 0.220. The van der Waals surface area contributed by atoms with E-state index in [9.17, 15) is 23.2 Å². The van der Waals surface area contributed by atoms with Crippen molar-refractivity contribution in [3.05, 3.63) is 122 Å². The Hall–Kier alpha value is -4.64. The van der Waals surface area contributed by atoms with Gasteiger partial charge in [-0.25, -0.2) is 18.0 Å². The molecule has 4 rings (SSSR count). The Balaban J connectivity index is 1.96. The Morgan fingerprint density at radius 1 is 1.00 bits per heavy atom. The van der Waals surface area contributed by atoms with E-state index < -0.39 is 48.1 Å². The van der Waals surface area contributed by atoms with E-state index >= 15 is 4.39 Å². The summed E-state index contributed by atoms with van der Waals surface area (Å²) >= 11 is 0. The fraction of sp³-hybridized carbons (Fsp3) is 0.303. The number of aliphatic carboxylic acids is 1. The van der Waals surface area contributed by atoms with Crippen LogP contribution in [0.1, 0.15) is 41.3 Å². The first kappa shape index (κ1) is 32.3. The third-order valence-corrected chi connectivity index (χ3v) is 7.79. The fourth-order valence-electron chi connectivity index (χ4n) is 5.37. The number of halogens is 3. The molecule has 0 saturated heterocycles. The van der Waals surface area contributed by atoms with Crippen LogP contribution in [0.3, 0.4) is 0 Å². The second-order valence-corrected chi connectivity index (χ2v) is 10.5. The average Bonchev–Trinajstić information content (AvgIpc) is 3.01. The number of carboxylic acids is 1. The summed E-state index contributed by atoms with van der Waals surface area (Å²) in [5, 5.41) is 9.13. The number of ether oxygens (including phenoxy) is 1. The van der Waals surface area contributed by atoms with E-state index in [-0.39, 0.29) is 46.7 Å². The van der Waals surface area contributed by atoms with Crippen molar-refractivity contribution in [2.45, 2.75) is 45.6 Å². The second kappa shape index (κ2) is 14.2. The van der Waals surface area contributed by atoms with Crippen molar-refractivity contribution in [2.75, 3.05) is 20.7 Å². The highest BCUT2D eigenvalue weighted by atomic mass is 19.1. The molecule has 3 aromatic carbocycles. The van der Waals surface area contributed by atoms with Gasteiger partial charge < -0.3 is 9.84 Å². The maximum absolute atomic E-state index is 15.6. The van der Waals surface area contributed by atoms with Gasteiger partial charge >= 0.3 is 11.7 Å². The summed E-state index contributed by atoms with van der Waals surface area (Å²) in [4.78, 5) is 41.3. The molecule has 11 heteroatoms. The van der Waals surface area contributed by atoms with Gasteiger partial charge in [0.05, 0.1) is 31.8 Å². The monoisotopic (exact) mass is 609 g/mol. The van der Waals surface area contributed by atoms with Gasteiger partial charge in [-0.1, -0.05) is 54.6 Å². The first-order chi connectivity index (χ1) is 21.1. The second-order valence-electron chi connectivity index (χ2n) is 10.5. The summed E-state index contributed by atoms with van der Waals surface area (Å²) in [6, 6.07) is 16.7. The number of hydrogen-bond donors (Lipinski definition) is 1. The standard InChI is InChI=1S/C33H34F3N3O5/c1-21-30(24-13-8-15-28(44-3)31(24)36)32(42)39(33(43)38(21)19-25-23(18-34)12-7-14-26(25)35)20-27(22-10-5-4-6-11-22)37(2)17-9-16-29(40)41/h4-8,10-15,27H,9,16-20H2,1-3H3,(H,40,41)/t27-/m0/s1. The first-order valence-corrected chi connectivity index (χ1v) is 14.0. The van der Waals surface area contributed by atoms with Gasteiger partial charge in [0, 0.05) is 23.2 Å². The number of alkyl halides is 1. The maximum Gasteiger partial charge on any atom is 0.331 e. The molecule has 0 radical (unpaired) electrons. The van der Waals surface area contributed by atoms with Crippen molar-refractivity contribution in [1.29, 1.82) is 0 Å². The molecule has 0 unspecified atom stereocenters. The summed E-state index contributed by atoms with van der Waals surface area (Å²) in [7, 11) is 3.04. The van der Waals surface area contributed by atoms with Crippen LogP contribution in [0, 0.1) is 18.6 Å². The fourth-order valence-corrected chi connectivity index (χ4v) is 5.37. The largest absolute Gasteiger partial charge is 0.494 e. The summed E-state index contributed by atoms with van der Waals surface area (Å²) in [6.07, 6.45) is 0.254. The molecule has 1 aromatic heterocycles. The number of likely N-dealkylation sites (N-methyl/N-ethyl adjacent to an activating group) is 1. The van der Waals surface area contributed by atoms with Crippen LogP contribution in [-0.4, -0.2) is 45.8 Å². The van der Waals surface area contributed by atoms with Crippen molar-refractivity contribution in [2.24, 2.45) is 0 Å². The number of rotatable bonds is 13. The van der Waals surface area contributed by atoms with Crippen molar-refractivity contribution >= 4 is 5.97 Å². The molecule has 0 aliphatic heterocycles. The number of aromatic nitrogens is 2. The van der Waals surface area contributed by atoms with E-state index in [1.54, 1.807) is 19.2 Å². The lowest BCUT2D eigenvalue weighted by Gasteiger charge is -2.29. The molecular weight excluding hydrogens is 575 g/mol. The minimum atomic E-state index is -0.977. The first-order valence-electron chi connectivity index (χ1n) is 14.0. The summed E-state index contributed by atoms with van der Waals surface area (Å²) in [5.74, 6) is -2.59.